The van der Waals surface area contributed by atoms with Gasteiger partial charge in [0.15, 0.2) is 11.5 Å². The van der Waals surface area contributed by atoms with Crippen molar-refractivity contribution in [3.8, 4) is 17.2 Å². The van der Waals surface area contributed by atoms with Crippen molar-refractivity contribution in [2.45, 2.75) is 13.0 Å². The summed E-state index contributed by atoms with van der Waals surface area (Å²) in [7, 11) is 3.37. The van der Waals surface area contributed by atoms with Crippen LogP contribution in [0.15, 0.2) is 42.5 Å². The van der Waals surface area contributed by atoms with Crippen LogP contribution in [0.3, 0.4) is 0 Å². The highest BCUT2D eigenvalue weighted by molar-refractivity contribution is 7.18. The molecule has 0 spiro atoms. The Kier molecular flexibility index (Phi) is 5.40. The normalized spacial score (nSPS) is 14.2. The highest BCUT2D eigenvalue weighted by Crippen LogP contribution is 2.40. The van der Waals surface area contributed by atoms with Crippen LogP contribution in [0.25, 0.3) is 16.3 Å². The fourth-order valence-electron chi connectivity index (χ4n) is 3.10. The summed E-state index contributed by atoms with van der Waals surface area (Å²) in [5.41, 5.74) is 1.76. The molecule has 1 amide bonds. The van der Waals surface area contributed by atoms with Gasteiger partial charge in [-0.25, -0.2) is 4.98 Å². The second kappa shape index (κ2) is 8.13. The van der Waals surface area contributed by atoms with Crippen LogP contribution in [-0.4, -0.2) is 43.2 Å². The Morgan fingerprint density at radius 1 is 1.28 bits per heavy atom. The molecule has 6 nitrogen and oxygen atoms in total. The number of benzene rings is 2. The lowest BCUT2D eigenvalue weighted by Crippen LogP contribution is -2.27. The topological polar surface area (TPSA) is 60.9 Å². The lowest BCUT2D eigenvalue weighted by atomic mass is 10.1. The van der Waals surface area contributed by atoms with E-state index < -0.39 is 0 Å². The van der Waals surface area contributed by atoms with Crippen LogP contribution >= 0.6 is 11.3 Å². The average Bonchev–Trinajstić information content (AvgIpc) is 3.20. The molecule has 7 heteroatoms. The van der Waals surface area contributed by atoms with Crippen molar-refractivity contribution < 1.29 is 19.0 Å². The van der Waals surface area contributed by atoms with E-state index >= 15 is 0 Å². The number of thiazole rings is 1. The van der Waals surface area contributed by atoms with Gasteiger partial charge in [0, 0.05) is 13.1 Å². The summed E-state index contributed by atoms with van der Waals surface area (Å²) in [6.07, 6.45) is 3.30. The van der Waals surface area contributed by atoms with Crippen molar-refractivity contribution in [2.24, 2.45) is 0 Å². The van der Waals surface area contributed by atoms with Crippen LogP contribution in [0.1, 0.15) is 23.5 Å². The molecule has 1 aliphatic rings. The first-order valence-corrected chi connectivity index (χ1v) is 10.2. The van der Waals surface area contributed by atoms with Gasteiger partial charge in [-0.2, -0.15) is 0 Å². The number of ether oxygens (including phenoxy) is 3. The predicted molar refractivity (Wildman–Crippen MR) is 114 cm³/mol. The number of hydrogen-bond acceptors (Lipinski definition) is 6. The molecule has 3 aromatic rings. The van der Waals surface area contributed by atoms with Gasteiger partial charge in [0.2, 0.25) is 11.7 Å². The zero-order chi connectivity index (χ0) is 20.4. The minimum absolute atomic E-state index is 0.106. The quantitative estimate of drug-likeness (QED) is 0.587. The number of carbonyl (C=O) groups is 1. The molecule has 0 saturated heterocycles. The van der Waals surface area contributed by atoms with Gasteiger partial charge in [-0.1, -0.05) is 12.1 Å². The molecule has 0 N–H and O–H groups in total. The van der Waals surface area contributed by atoms with Crippen molar-refractivity contribution in [3.63, 3.8) is 0 Å². The van der Waals surface area contributed by atoms with Gasteiger partial charge in [0.1, 0.15) is 18.2 Å². The first-order chi connectivity index (χ1) is 14.1. The Labute approximate surface area is 173 Å². The predicted octanol–water partition coefficient (Wildman–Crippen LogP) is 4.31. The third-order valence-electron chi connectivity index (χ3n) is 4.87. The maximum Gasteiger partial charge on any atom is 0.246 e. The number of carbonyl (C=O) groups excluding carboxylic acids is 1. The van der Waals surface area contributed by atoms with E-state index in [1.807, 2.05) is 43.3 Å². The fraction of sp³-hybridized carbons (Fsp3) is 0.273. The number of fused-ring (bicyclic) bond motifs is 2. The SMILES string of the molecule is COc1cc(/C=C/C(=O)N(C)[C@@H](C)c2nc3ccccc3s2)cc2c1OCCO2. The third kappa shape index (κ3) is 3.91. The second-order valence-corrected chi connectivity index (χ2v) is 7.79. The minimum atomic E-state index is -0.126. The van der Waals surface area contributed by atoms with E-state index in [2.05, 4.69) is 4.98 Å². The van der Waals surface area contributed by atoms with Crippen LogP contribution in [0, 0.1) is 0 Å². The standard InChI is InChI=1S/C22H22N2O4S/c1-14(22-23-16-6-4-5-7-19(16)29-22)24(2)20(25)9-8-15-12-17(26-3)21-18(13-15)27-10-11-28-21/h4-9,12-14H,10-11H2,1-3H3/b9-8+/t14-/m0/s1. The van der Waals surface area contributed by atoms with Crippen LogP contribution in [0.2, 0.25) is 0 Å². The molecular formula is C22H22N2O4S. The van der Waals surface area contributed by atoms with Gasteiger partial charge in [-0.05, 0) is 42.8 Å². The Morgan fingerprint density at radius 3 is 2.86 bits per heavy atom. The molecule has 1 aromatic heterocycles. The molecule has 0 aliphatic carbocycles. The zero-order valence-electron chi connectivity index (χ0n) is 16.5. The van der Waals surface area contributed by atoms with Gasteiger partial charge < -0.3 is 19.1 Å². The van der Waals surface area contributed by atoms with E-state index in [1.54, 1.807) is 42.5 Å². The maximum absolute atomic E-state index is 12.7. The molecule has 2 aromatic carbocycles. The molecule has 29 heavy (non-hydrogen) atoms. The number of para-hydroxylation sites is 1. The molecule has 0 fully saturated rings. The average molecular weight is 410 g/mol. The summed E-state index contributed by atoms with van der Waals surface area (Å²) in [5, 5.41) is 0.913. The van der Waals surface area contributed by atoms with Crippen LogP contribution in [-0.2, 0) is 4.79 Å². The minimum Gasteiger partial charge on any atom is -0.493 e. The number of aromatic nitrogens is 1. The monoisotopic (exact) mass is 410 g/mol. The van der Waals surface area contributed by atoms with Crippen molar-refractivity contribution in [1.29, 1.82) is 0 Å². The summed E-state index contributed by atoms with van der Waals surface area (Å²) >= 11 is 1.61. The molecule has 1 atom stereocenters. The smallest absolute Gasteiger partial charge is 0.246 e. The molecule has 0 bridgehead atoms. The van der Waals surface area contributed by atoms with E-state index in [9.17, 15) is 4.79 Å². The summed E-state index contributed by atoms with van der Waals surface area (Å²) in [6, 6.07) is 11.5. The summed E-state index contributed by atoms with van der Waals surface area (Å²) < 4.78 is 17.8. The van der Waals surface area contributed by atoms with Crippen molar-refractivity contribution in [2.75, 3.05) is 27.4 Å². The lowest BCUT2D eigenvalue weighted by Gasteiger charge is -2.22. The molecule has 0 unspecified atom stereocenters. The fourth-order valence-corrected chi connectivity index (χ4v) is 4.16. The second-order valence-electron chi connectivity index (χ2n) is 6.73. The van der Waals surface area contributed by atoms with Crippen LogP contribution in [0.5, 0.6) is 17.2 Å². The number of rotatable bonds is 5. The highest BCUT2D eigenvalue weighted by Gasteiger charge is 2.20. The lowest BCUT2D eigenvalue weighted by molar-refractivity contribution is -0.126. The molecular weight excluding hydrogens is 388 g/mol. The van der Waals surface area contributed by atoms with Gasteiger partial charge in [-0.15, -0.1) is 11.3 Å². The van der Waals surface area contributed by atoms with E-state index in [1.165, 1.54) is 0 Å². The van der Waals surface area contributed by atoms with Crippen LogP contribution in [0.4, 0.5) is 0 Å². The first kappa shape index (κ1) is 19.3. The van der Waals surface area contributed by atoms with Gasteiger partial charge >= 0.3 is 0 Å². The Balaban J connectivity index is 1.51. The molecule has 1 aliphatic heterocycles. The molecule has 4 rings (SSSR count). The zero-order valence-corrected chi connectivity index (χ0v) is 17.4. The maximum atomic E-state index is 12.7. The number of hydrogen-bond donors (Lipinski definition) is 0. The summed E-state index contributed by atoms with van der Waals surface area (Å²) in [4.78, 5) is 19.1. The van der Waals surface area contributed by atoms with Gasteiger partial charge in [0.25, 0.3) is 0 Å². The molecule has 0 radical (unpaired) electrons. The molecule has 2 heterocycles. The third-order valence-corrected chi connectivity index (χ3v) is 6.07. The van der Waals surface area contributed by atoms with Crippen LogP contribution < -0.4 is 14.2 Å². The summed E-state index contributed by atoms with van der Waals surface area (Å²) in [5.74, 6) is 1.71. The van der Waals surface area contributed by atoms with Crippen molar-refractivity contribution in [1.82, 2.24) is 9.88 Å². The Bertz CT molecular complexity index is 1030. The van der Waals surface area contributed by atoms with Crippen molar-refractivity contribution in [3.05, 3.63) is 53.0 Å². The van der Waals surface area contributed by atoms with Crippen molar-refractivity contribution >= 4 is 33.5 Å². The summed E-state index contributed by atoms with van der Waals surface area (Å²) in [6.45, 7) is 2.96. The van der Waals surface area contributed by atoms with E-state index in [0.29, 0.717) is 30.5 Å². The Hall–Kier alpha value is -3.06. The number of nitrogens with zero attached hydrogens (tertiary/aromatic N) is 2. The number of amides is 1. The van der Waals surface area contributed by atoms with E-state index in [-0.39, 0.29) is 11.9 Å². The number of likely N-dealkylation sites (N-methyl/N-ethyl adjacent to an activating group) is 1. The first-order valence-electron chi connectivity index (χ1n) is 9.35. The highest BCUT2D eigenvalue weighted by atomic mass is 32.1. The van der Waals surface area contributed by atoms with Gasteiger partial charge in [0.05, 0.1) is 23.4 Å². The van der Waals surface area contributed by atoms with E-state index in [0.717, 1.165) is 20.8 Å². The Morgan fingerprint density at radius 2 is 2.07 bits per heavy atom. The van der Waals surface area contributed by atoms with E-state index in [4.69, 9.17) is 14.2 Å². The largest absolute Gasteiger partial charge is 0.493 e. The van der Waals surface area contributed by atoms with Gasteiger partial charge in [-0.3, -0.25) is 4.79 Å². The molecule has 0 saturated carbocycles. The number of methoxy groups -OCH3 is 1. The molecule has 150 valence electrons.